The van der Waals surface area contributed by atoms with Gasteiger partial charge in [-0.15, -0.1) is 6.42 Å². The van der Waals surface area contributed by atoms with Crippen molar-refractivity contribution >= 4 is 5.78 Å². The molecule has 0 bridgehead atoms. The minimum Gasteiger partial charge on any atom is -0.285 e. The number of hydrogen-bond donors (Lipinski definition) is 0. The summed E-state index contributed by atoms with van der Waals surface area (Å²) in [4.78, 5) is 11.2. The fourth-order valence-corrected chi connectivity index (χ4v) is 1.94. The Labute approximate surface area is 68.2 Å². The minimum atomic E-state index is -0.0417. The molecule has 0 aromatic carbocycles. The molecule has 0 aliphatic heterocycles. The highest BCUT2D eigenvalue weighted by atomic mass is 16.1. The van der Waals surface area contributed by atoms with Crippen LogP contribution in [0.25, 0.3) is 0 Å². The zero-order chi connectivity index (χ0) is 8.86. The van der Waals surface area contributed by atoms with Crippen LogP contribution in [-0.2, 0) is 4.79 Å². The predicted molar refractivity (Wildman–Crippen MR) is 44.9 cm³/mol. The van der Waals surface area contributed by atoms with Gasteiger partial charge in [0.15, 0.2) is 0 Å². The fourth-order valence-electron chi connectivity index (χ4n) is 1.94. The molecule has 0 saturated heterocycles. The summed E-state index contributed by atoms with van der Waals surface area (Å²) in [5.74, 6) is 2.23. The van der Waals surface area contributed by atoms with Crippen LogP contribution in [-0.4, -0.2) is 5.78 Å². The third-order valence-corrected chi connectivity index (χ3v) is 3.43. The SMILES string of the molecule is C#CC(=O)C1C(C)(C)C1(C)C. The van der Waals surface area contributed by atoms with Crippen LogP contribution in [0.15, 0.2) is 0 Å². The Morgan fingerprint density at radius 2 is 1.64 bits per heavy atom. The Morgan fingerprint density at radius 1 is 1.27 bits per heavy atom. The van der Waals surface area contributed by atoms with Gasteiger partial charge in [-0.2, -0.15) is 0 Å². The second-order valence-corrected chi connectivity index (χ2v) is 4.38. The van der Waals surface area contributed by atoms with Crippen LogP contribution >= 0.6 is 0 Å². The van der Waals surface area contributed by atoms with Crippen LogP contribution in [0.2, 0.25) is 0 Å². The number of Topliss-reactive ketones (excluding diaryl/α,β-unsaturated/α-hetero) is 1. The second kappa shape index (κ2) is 1.88. The van der Waals surface area contributed by atoms with E-state index in [-0.39, 0.29) is 22.5 Å². The molecule has 0 unspecified atom stereocenters. The second-order valence-electron chi connectivity index (χ2n) is 4.38. The smallest absolute Gasteiger partial charge is 0.209 e. The van der Waals surface area contributed by atoms with Gasteiger partial charge in [0.2, 0.25) is 5.78 Å². The van der Waals surface area contributed by atoms with Gasteiger partial charge < -0.3 is 0 Å². The molecule has 0 amide bonds. The summed E-state index contributed by atoms with van der Waals surface area (Å²) in [6.45, 7) is 8.36. The maximum atomic E-state index is 11.2. The van der Waals surface area contributed by atoms with Gasteiger partial charge in [-0.05, 0) is 16.8 Å². The number of terminal acetylenes is 1. The minimum absolute atomic E-state index is 0.0417. The molecule has 0 spiro atoms. The number of carbonyl (C=O) groups excluding carboxylic acids is 1. The van der Waals surface area contributed by atoms with E-state index in [1.807, 2.05) is 0 Å². The number of ketones is 1. The van der Waals surface area contributed by atoms with E-state index in [4.69, 9.17) is 6.42 Å². The van der Waals surface area contributed by atoms with Crippen molar-refractivity contribution in [3.8, 4) is 12.3 Å². The average molecular weight is 150 g/mol. The normalized spacial score (nSPS) is 25.7. The Bertz CT molecular complexity index is 226. The van der Waals surface area contributed by atoms with Crippen molar-refractivity contribution in [3.05, 3.63) is 0 Å². The first-order valence-corrected chi connectivity index (χ1v) is 3.86. The monoisotopic (exact) mass is 150 g/mol. The van der Waals surface area contributed by atoms with Crippen molar-refractivity contribution in [3.63, 3.8) is 0 Å². The highest BCUT2D eigenvalue weighted by molar-refractivity contribution is 6.00. The van der Waals surface area contributed by atoms with E-state index in [0.29, 0.717) is 0 Å². The standard InChI is InChI=1S/C10H14O/c1-6-7(11)8-9(2,3)10(8,4)5/h1,8H,2-5H3. The number of hydrogen-bond acceptors (Lipinski definition) is 1. The molecule has 0 aromatic rings. The lowest BCUT2D eigenvalue weighted by molar-refractivity contribution is -0.115. The van der Waals surface area contributed by atoms with Crippen LogP contribution in [0.5, 0.6) is 0 Å². The summed E-state index contributed by atoms with van der Waals surface area (Å²) in [5, 5.41) is 0. The molecule has 0 atom stereocenters. The van der Waals surface area contributed by atoms with Crippen LogP contribution in [0, 0.1) is 29.1 Å². The molecule has 60 valence electrons. The maximum Gasteiger partial charge on any atom is 0.209 e. The van der Waals surface area contributed by atoms with Gasteiger partial charge in [0.1, 0.15) is 0 Å². The van der Waals surface area contributed by atoms with E-state index in [1.165, 1.54) is 0 Å². The van der Waals surface area contributed by atoms with Crippen molar-refractivity contribution in [2.75, 3.05) is 0 Å². The summed E-state index contributed by atoms with van der Waals surface area (Å²) in [5.41, 5.74) is 0.187. The van der Waals surface area contributed by atoms with Gasteiger partial charge in [-0.1, -0.05) is 27.7 Å². The highest BCUT2D eigenvalue weighted by Gasteiger charge is 2.67. The predicted octanol–water partition coefficient (Wildman–Crippen LogP) is 1.87. The van der Waals surface area contributed by atoms with Gasteiger partial charge in [0, 0.05) is 5.92 Å². The molecule has 1 rings (SSSR count). The lowest BCUT2D eigenvalue weighted by Gasteiger charge is -2.03. The van der Waals surface area contributed by atoms with Crippen LogP contribution in [0.4, 0.5) is 0 Å². The largest absolute Gasteiger partial charge is 0.285 e. The molecule has 1 aliphatic carbocycles. The van der Waals surface area contributed by atoms with Crippen LogP contribution < -0.4 is 0 Å². The zero-order valence-electron chi connectivity index (χ0n) is 7.56. The summed E-state index contributed by atoms with van der Waals surface area (Å²) in [7, 11) is 0. The van der Waals surface area contributed by atoms with Crippen LogP contribution in [0.1, 0.15) is 27.7 Å². The van der Waals surface area contributed by atoms with Gasteiger partial charge in [-0.3, -0.25) is 4.79 Å². The van der Waals surface area contributed by atoms with E-state index >= 15 is 0 Å². The third-order valence-electron chi connectivity index (χ3n) is 3.43. The molecular weight excluding hydrogens is 136 g/mol. The molecule has 1 saturated carbocycles. The lowest BCUT2D eigenvalue weighted by Crippen LogP contribution is -2.02. The van der Waals surface area contributed by atoms with Gasteiger partial charge in [0.25, 0.3) is 0 Å². The topological polar surface area (TPSA) is 17.1 Å². The molecule has 11 heavy (non-hydrogen) atoms. The Morgan fingerprint density at radius 3 is 1.73 bits per heavy atom. The first-order valence-electron chi connectivity index (χ1n) is 3.86. The summed E-state index contributed by atoms with van der Waals surface area (Å²) in [6, 6.07) is 0. The lowest BCUT2D eigenvalue weighted by atomic mass is 10.0. The van der Waals surface area contributed by atoms with Gasteiger partial charge in [0.05, 0.1) is 0 Å². The van der Waals surface area contributed by atoms with E-state index in [0.717, 1.165) is 0 Å². The Kier molecular flexibility index (Phi) is 1.42. The molecule has 1 heteroatoms. The van der Waals surface area contributed by atoms with E-state index in [1.54, 1.807) is 0 Å². The number of rotatable bonds is 1. The molecule has 1 aliphatic rings. The summed E-state index contributed by atoms with van der Waals surface area (Å²) < 4.78 is 0. The molecule has 0 aromatic heterocycles. The molecule has 1 nitrogen and oxygen atoms in total. The highest BCUT2D eigenvalue weighted by Crippen LogP contribution is 2.68. The van der Waals surface area contributed by atoms with E-state index < -0.39 is 0 Å². The Balaban J connectivity index is 2.85. The van der Waals surface area contributed by atoms with Gasteiger partial charge >= 0.3 is 0 Å². The molecular formula is C10H14O. The van der Waals surface area contributed by atoms with Crippen molar-refractivity contribution in [1.29, 1.82) is 0 Å². The first-order chi connectivity index (χ1) is 4.85. The van der Waals surface area contributed by atoms with Crippen molar-refractivity contribution in [2.24, 2.45) is 16.7 Å². The van der Waals surface area contributed by atoms with Gasteiger partial charge in [-0.25, -0.2) is 0 Å². The van der Waals surface area contributed by atoms with Crippen molar-refractivity contribution in [1.82, 2.24) is 0 Å². The maximum absolute atomic E-state index is 11.2. The van der Waals surface area contributed by atoms with Crippen molar-refractivity contribution in [2.45, 2.75) is 27.7 Å². The molecule has 0 heterocycles. The van der Waals surface area contributed by atoms with Crippen LogP contribution in [0.3, 0.4) is 0 Å². The molecule has 0 N–H and O–H groups in total. The third kappa shape index (κ3) is 0.822. The summed E-state index contributed by atoms with van der Waals surface area (Å²) in [6.07, 6.45) is 5.06. The van der Waals surface area contributed by atoms with E-state index in [9.17, 15) is 4.79 Å². The van der Waals surface area contributed by atoms with E-state index in [2.05, 4.69) is 33.6 Å². The fraction of sp³-hybridized carbons (Fsp3) is 0.700. The average Bonchev–Trinajstić information content (AvgIpc) is 2.24. The summed E-state index contributed by atoms with van der Waals surface area (Å²) >= 11 is 0. The first kappa shape index (κ1) is 8.33. The zero-order valence-corrected chi connectivity index (χ0v) is 7.56. The van der Waals surface area contributed by atoms with Crippen molar-refractivity contribution < 1.29 is 4.79 Å². The Hall–Kier alpha value is -0.770. The molecule has 1 fully saturated rings. The molecule has 0 radical (unpaired) electrons. The number of carbonyl (C=O) groups is 1. The quantitative estimate of drug-likeness (QED) is 0.412.